The molecule has 0 aliphatic heterocycles. The van der Waals surface area contributed by atoms with E-state index >= 15 is 0 Å². The number of fused-ring (bicyclic) bond motifs is 1. The number of anilines is 1. The van der Waals surface area contributed by atoms with Gasteiger partial charge in [-0.25, -0.2) is 4.98 Å². The van der Waals surface area contributed by atoms with E-state index in [0.29, 0.717) is 17.5 Å². The van der Waals surface area contributed by atoms with Crippen LogP contribution < -0.4 is 5.73 Å². The average Bonchev–Trinajstić information content (AvgIpc) is 2.42. The van der Waals surface area contributed by atoms with Crippen molar-refractivity contribution in [3.05, 3.63) is 24.2 Å². The summed E-state index contributed by atoms with van der Waals surface area (Å²) < 4.78 is 1.85. The van der Waals surface area contributed by atoms with Gasteiger partial charge < -0.3 is 5.73 Å². The Hall–Kier alpha value is -1.58. The first kappa shape index (κ1) is 8.04. The second-order valence-corrected chi connectivity index (χ2v) is 3.42. The molecule has 4 heteroatoms. The van der Waals surface area contributed by atoms with Crippen molar-refractivity contribution >= 4 is 11.6 Å². The first-order valence-electron chi connectivity index (χ1n) is 4.27. The fourth-order valence-corrected chi connectivity index (χ4v) is 1.22. The molecule has 0 aromatic carbocycles. The van der Waals surface area contributed by atoms with Crippen LogP contribution in [0.5, 0.6) is 0 Å². The molecule has 2 heterocycles. The standard InChI is InChI=1S/C9H12N4/c1-6(2)7-3-11-9-12-8(10)5-13(9)4-7/h3-6H,10H2,1-2H3. The Labute approximate surface area is 76.4 Å². The summed E-state index contributed by atoms with van der Waals surface area (Å²) in [6, 6.07) is 0. The van der Waals surface area contributed by atoms with E-state index in [0.717, 1.165) is 0 Å². The van der Waals surface area contributed by atoms with Crippen molar-refractivity contribution < 1.29 is 0 Å². The molecule has 68 valence electrons. The Morgan fingerprint density at radius 1 is 1.38 bits per heavy atom. The van der Waals surface area contributed by atoms with Gasteiger partial charge in [0.1, 0.15) is 5.82 Å². The van der Waals surface area contributed by atoms with Crippen molar-refractivity contribution in [1.29, 1.82) is 0 Å². The molecule has 2 aromatic heterocycles. The van der Waals surface area contributed by atoms with Crippen LogP contribution in [0.15, 0.2) is 18.6 Å². The van der Waals surface area contributed by atoms with E-state index in [1.807, 2.05) is 16.8 Å². The molecular weight excluding hydrogens is 164 g/mol. The lowest BCUT2D eigenvalue weighted by atomic mass is 10.1. The fourth-order valence-electron chi connectivity index (χ4n) is 1.22. The van der Waals surface area contributed by atoms with E-state index in [9.17, 15) is 0 Å². The molecule has 2 rings (SSSR count). The number of nitrogen functional groups attached to an aromatic ring is 1. The highest BCUT2D eigenvalue weighted by molar-refractivity contribution is 5.40. The van der Waals surface area contributed by atoms with Crippen LogP contribution in [0.4, 0.5) is 5.82 Å². The molecule has 0 aliphatic rings. The average molecular weight is 176 g/mol. The molecule has 0 saturated carbocycles. The molecule has 0 amide bonds. The third-order valence-electron chi connectivity index (χ3n) is 2.02. The number of nitrogens with zero attached hydrogens (tertiary/aromatic N) is 3. The molecule has 4 nitrogen and oxygen atoms in total. The molecule has 0 unspecified atom stereocenters. The van der Waals surface area contributed by atoms with Gasteiger partial charge in [0.2, 0.25) is 5.78 Å². The first-order valence-corrected chi connectivity index (χ1v) is 4.27. The maximum Gasteiger partial charge on any atom is 0.235 e. The monoisotopic (exact) mass is 176 g/mol. The summed E-state index contributed by atoms with van der Waals surface area (Å²) in [5.41, 5.74) is 6.73. The molecule has 0 aliphatic carbocycles. The van der Waals surface area contributed by atoms with Gasteiger partial charge in [-0.05, 0) is 11.5 Å². The largest absolute Gasteiger partial charge is 0.382 e. The quantitative estimate of drug-likeness (QED) is 0.715. The van der Waals surface area contributed by atoms with Crippen molar-refractivity contribution in [2.75, 3.05) is 5.73 Å². The smallest absolute Gasteiger partial charge is 0.235 e. The van der Waals surface area contributed by atoms with E-state index in [4.69, 9.17) is 5.73 Å². The van der Waals surface area contributed by atoms with E-state index in [-0.39, 0.29) is 0 Å². The molecule has 2 aromatic rings. The van der Waals surface area contributed by atoms with Gasteiger partial charge in [-0.2, -0.15) is 4.98 Å². The van der Waals surface area contributed by atoms with Crippen LogP contribution in [-0.2, 0) is 0 Å². The van der Waals surface area contributed by atoms with Crippen LogP contribution in [0.3, 0.4) is 0 Å². The number of aromatic nitrogens is 3. The summed E-state index contributed by atoms with van der Waals surface area (Å²) >= 11 is 0. The lowest BCUT2D eigenvalue weighted by Crippen LogP contribution is -1.94. The number of hydrogen-bond acceptors (Lipinski definition) is 3. The van der Waals surface area contributed by atoms with Gasteiger partial charge in [0, 0.05) is 12.4 Å². The van der Waals surface area contributed by atoms with Crippen molar-refractivity contribution in [2.24, 2.45) is 0 Å². The summed E-state index contributed by atoms with van der Waals surface area (Å²) in [5, 5.41) is 0. The van der Waals surface area contributed by atoms with Crippen LogP contribution >= 0.6 is 0 Å². The highest BCUT2D eigenvalue weighted by atomic mass is 15.1. The number of rotatable bonds is 1. The summed E-state index contributed by atoms with van der Waals surface area (Å²) in [6.45, 7) is 4.26. The van der Waals surface area contributed by atoms with Crippen molar-refractivity contribution in [3.63, 3.8) is 0 Å². The SMILES string of the molecule is CC(C)c1cnc2nc(N)cn2c1. The van der Waals surface area contributed by atoms with Gasteiger partial charge in [0.15, 0.2) is 0 Å². The number of hydrogen-bond donors (Lipinski definition) is 1. The van der Waals surface area contributed by atoms with Crippen LogP contribution in [0.2, 0.25) is 0 Å². The van der Waals surface area contributed by atoms with Crippen LogP contribution in [0.1, 0.15) is 25.3 Å². The molecule has 0 spiro atoms. The molecule has 0 saturated heterocycles. The molecule has 0 bridgehead atoms. The van der Waals surface area contributed by atoms with Gasteiger partial charge >= 0.3 is 0 Å². The molecule has 13 heavy (non-hydrogen) atoms. The van der Waals surface area contributed by atoms with Gasteiger partial charge in [-0.1, -0.05) is 13.8 Å². The number of imidazole rings is 1. The fraction of sp³-hybridized carbons (Fsp3) is 0.333. The van der Waals surface area contributed by atoms with Crippen LogP contribution in [-0.4, -0.2) is 14.4 Å². The minimum atomic E-state index is 0.473. The van der Waals surface area contributed by atoms with Crippen molar-refractivity contribution in [2.45, 2.75) is 19.8 Å². The van der Waals surface area contributed by atoms with Crippen molar-refractivity contribution in [1.82, 2.24) is 14.4 Å². The molecule has 0 atom stereocenters. The lowest BCUT2D eigenvalue weighted by Gasteiger charge is -2.03. The second-order valence-electron chi connectivity index (χ2n) is 3.42. The zero-order valence-electron chi connectivity index (χ0n) is 7.73. The van der Waals surface area contributed by atoms with E-state index in [2.05, 4.69) is 23.8 Å². The van der Waals surface area contributed by atoms with Gasteiger partial charge in [-0.15, -0.1) is 0 Å². The highest BCUT2D eigenvalue weighted by Crippen LogP contribution is 2.13. The Morgan fingerprint density at radius 2 is 2.15 bits per heavy atom. The van der Waals surface area contributed by atoms with Gasteiger partial charge in [0.25, 0.3) is 0 Å². The van der Waals surface area contributed by atoms with E-state index < -0.39 is 0 Å². The van der Waals surface area contributed by atoms with Gasteiger partial charge in [0.05, 0.1) is 6.20 Å². The Bertz CT molecular complexity index is 430. The first-order chi connectivity index (χ1) is 6.16. The molecular formula is C9H12N4. The highest BCUT2D eigenvalue weighted by Gasteiger charge is 2.03. The van der Waals surface area contributed by atoms with Crippen molar-refractivity contribution in [3.8, 4) is 0 Å². The number of nitrogens with two attached hydrogens (primary N) is 1. The summed E-state index contributed by atoms with van der Waals surface area (Å²) in [7, 11) is 0. The van der Waals surface area contributed by atoms with Gasteiger partial charge in [-0.3, -0.25) is 4.40 Å². The van der Waals surface area contributed by atoms with E-state index in [1.165, 1.54) is 5.56 Å². The summed E-state index contributed by atoms with van der Waals surface area (Å²) in [6.07, 6.45) is 5.62. The minimum absolute atomic E-state index is 0.473. The predicted octanol–water partition coefficient (Wildman–Crippen LogP) is 1.43. The van der Waals surface area contributed by atoms with Crippen LogP contribution in [0.25, 0.3) is 5.78 Å². The lowest BCUT2D eigenvalue weighted by molar-refractivity contribution is 0.842. The summed E-state index contributed by atoms with van der Waals surface area (Å²) in [5.74, 6) is 1.64. The zero-order valence-corrected chi connectivity index (χ0v) is 7.73. The minimum Gasteiger partial charge on any atom is -0.382 e. The predicted molar refractivity (Wildman–Crippen MR) is 51.5 cm³/mol. The molecule has 2 N–H and O–H groups in total. The maximum atomic E-state index is 5.54. The second kappa shape index (κ2) is 2.73. The third-order valence-corrected chi connectivity index (χ3v) is 2.02. The normalized spacial score (nSPS) is 11.3. The Kier molecular flexibility index (Phi) is 1.69. The topological polar surface area (TPSA) is 56.2 Å². The Morgan fingerprint density at radius 3 is 2.85 bits per heavy atom. The summed E-state index contributed by atoms with van der Waals surface area (Å²) in [4.78, 5) is 8.24. The third kappa shape index (κ3) is 1.35. The van der Waals surface area contributed by atoms with Crippen LogP contribution in [0, 0.1) is 0 Å². The molecule has 0 fully saturated rings. The maximum absolute atomic E-state index is 5.54. The molecule has 0 radical (unpaired) electrons. The van der Waals surface area contributed by atoms with E-state index in [1.54, 1.807) is 6.20 Å². The zero-order chi connectivity index (χ0) is 9.42. The Balaban J connectivity index is 2.61.